The normalized spacial score (nSPS) is 17.2. The number of alkyl halides is 1. The van der Waals surface area contributed by atoms with E-state index >= 15 is 0 Å². The summed E-state index contributed by atoms with van der Waals surface area (Å²) in [5.41, 5.74) is 4.71. The van der Waals surface area contributed by atoms with Gasteiger partial charge in [-0.1, -0.05) is 54.9 Å². The summed E-state index contributed by atoms with van der Waals surface area (Å²) in [6.45, 7) is 1.81. The van der Waals surface area contributed by atoms with Crippen LogP contribution in [0.3, 0.4) is 0 Å². The number of furan rings is 1. The predicted molar refractivity (Wildman–Crippen MR) is 143 cm³/mol. The number of benzene rings is 3. The van der Waals surface area contributed by atoms with Crippen molar-refractivity contribution in [3.63, 3.8) is 0 Å². The fraction of sp³-hybridized carbons (Fsp3) is 0.267. The average Bonchev–Trinajstić information content (AvgIpc) is 3.55. The lowest BCUT2D eigenvalue weighted by atomic mass is 9.97. The van der Waals surface area contributed by atoms with E-state index in [0.29, 0.717) is 0 Å². The van der Waals surface area contributed by atoms with Gasteiger partial charge in [0.25, 0.3) is 0 Å². The van der Waals surface area contributed by atoms with Crippen molar-refractivity contribution in [2.24, 2.45) is 0 Å². The summed E-state index contributed by atoms with van der Waals surface area (Å²) in [5.74, 6) is -1.50. The summed E-state index contributed by atoms with van der Waals surface area (Å²) in [4.78, 5) is 27.6. The van der Waals surface area contributed by atoms with Crippen LogP contribution in [0.25, 0.3) is 22.1 Å². The molecular formula is C30H27ClF2N2O3. The summed E-state index contributed by atoms with van der Waals surface area (Å²) in [6, 6.07) is 17.3. The van der Waals surface area contributed by atoms with E-state index in [2.05, 4.69) is 24.4 Å². The molecule has 38 heavy (non-hydrogen) atoms. The van der Waals surface area contributed by atoms with E-state index in [1.165, 1.54) is 22.6 Å². The van der Waals surface area contributed by atoms with Crippen LogP contribution in [0, 0.1) is 5.82 Å². The second-order valence-corrected chi connectivity index (χ2v) is 9.95. The Hall–Kier alpha value is -3.71. The van der Waals surface area contributed by atoms with Crippen LogP contribution in [-0.2, 0) is 29.0 Å². The highest BCUT2D eigenvalue weighted by atomic mass is 35.5. The predicted octanol–water partition coefficient (Wildman–Crippen LogP) is 6.25. The van der Waals surface area contributed by atoms with Crippen LogP contribution in [0.1, 0.15) is 30.0 Å². The van der Waals surface area contributed by atoms with E-state index in [9.17, 15) is 18.4 Å². The first-order chi connectivity index (χ1) is 18.3. The zero-order valence-corrected chi connectivity index (χ0v) is 21.6. The first-order valence-corrected chi connectivity index (χ1v) is 13.0. The van der Waals surface area contributed by atoms with Crippen molar-refractivity contribution in [3.05, 3.63) is 94.5 Å². The molecule has 5 nitrogen and oxygen atoms in total. The quantitative estimate of drug-likeness (QED) is 0.303. The molecule has 1 aromatic heterocycles. The molecule has 5 rings (SSSR count). The number of carbonyl (C=O) groups excluding carboxylic acids is 2. The van der Waals surface area contributed by atoms with Crippen molar-refractivity contribution in [1.82, 2.24) is 10.2 Å². The third-order valence-electron chi connectivity index (χ3n) is 6.97. The zero-order valence-electron chi connectivity index (χ0n) is 20.8. The molecule has 1 fully saturated rings. The maximum absolute atomic E-state index is 14.4. The second-order valence-electron chi connectivity index (χ2n) is 9.54. The summed E-state index contributed by atoms with van der Waals surface area (Å²) in [7, 11) is 0. The van der Waals surface area contributed by atoms with Gasteiger partial charge in [0.2, 0.25) is 11.8 Å². The van der Waals surface area contributed by atoms with Gasteiger partial charge in [0.05, 0.1) is 24.3 Å². The number of carbonyl (C=O) groups is 2. The number of fused-ring (bicyclic) bond motifs is 1. The topological polar surface area (TPSA) is 62.6 Å². The van der Waals surface area contributed by atoms with Crippen LogP contribution in [0.4, 0.5) is 8.78 Å². The number of likely N-dealkylation sites (tertiary alicyclic amines) is 1. The highest BCUT2D eigenvalue weighted by Crippen LogP contribution is 2.32. The molecule has 4 aromatic rings. The van der Waals surface area contributed by atoms with Crippen molar-refractivity contribution in [2.45, 2.75) is 44.9 Å². The minimum Gasteiger partial charge on any atom is -0.464 e. The van der Waals surface area contributed by atoms with Gasteiger partial charge in [-0.15, -0.1) is 0 Å². The first kappa shape index (κ1) is 25.9. The zero-order chi connectivity index (χ0) is 26.8. The lowest BCUT2D eigenvalue weighted by Crippen LogP contribution is -2.46. The third kappa shape index (κ3) is 5.29. The van der Waals surface area contributed by atoms with Crippen molar-refractivity contribution >= 4 is 34.4 Å². The third-order valence-corrected chi connectivity index (χ3v) is 7.26. The van der Waals surface area contributed by atoms with Crippen LogP contribution >= 0.6 is 11.6 Å². The molecule has 8 heteroatoms. The smallest absolute Gasteiger partial charge is 0.243 e. The molecule has 3 aromatic carbocycles. The molecule has 2 atom stereocenters. The Morgan fingerprint density at radius 2 is 1.92 bits per heavy atom. The molecule has 1 saturated heterocycles. The van der Waals surface area contributed by atoms with Crippen LogP contribution < -0.4 is 5.32 Å². The molecular weight excluding hydrogens is 510 g/mol. The van der Waals surface area contributed by atoms with Gasteiger partial charge in [-0.25, -0.2) is 8.78 Å². The maximum Gasteiger partial charge on any atom is 0.243 e. The van der Waals surface area contributed by atoms with E-state index in [4.69, 9.17) is 16.0 Å². The molecule has 2 heterocycles. The number of nitrogens with one attached hydrogen (secondary N) is 1. The van der Waals surface area contributed by atoms with Gasteiger partial charge < -0.3 is 14.6 Å². The van der Waals surface area contributed by atoms with Crippen molar-refractivity contribution in [3.8, 4) is 11.1 Å². The van der Waals surface area contributed by atoms with Crippen LogP contribution in [0.2, 0.25) is 5.02 Å². The Morgan fingerprint density at radius 3 is 2.74 bits per heavy atom. The van der Waals surface area contributed by atoms with Gasteiger partial charge in [0, 0.05) is 29.5 Å². The van der Waals surface area contributed by atoms with Gasteiger partial charge in [0.15, 0.2) is 0 Å². The summed E-state index contributed by atoms with van der Waals surface area (Å²) in [6.07, 6.45) is 1.08. The molecule has 1 aliphatic rings. The number of aryl methyl sites for hydroxylation is 1. The number of halogens is 3. The monoisotopic (exact) mass is 536 g/mol. The Morgan fingerprint density at radius 1 is 1.11 bits per heavy atom. The lowest BCUT2D eigenvalue weighted by Gasteiger charge is -2.24. The number of rotatable bonds is 7. The molecule has 1 N–H and O–H groups in total. The van der Waals surface area contributed by atoms with Crippen LogP contribution in [0.15, 0.2) is 71.3 Å². The molecule has 0 spiro atoms. The lowest BCUT2D eigenvalue weighted by molar-refractivity contribution is -0.138. The fourth-order valence-electron chi connectivity index (χ4n) is 4.99. The average molecular weight is 537 g/mol. The Kier molecular flexibility index (Phi) is 7.47. The van der Waals surface area contributed by atoms with E-state index < -0.39 is 23.9 Å². The number of hydrogen-bond acceptors (Lipinski definition) is 3. The molecule has 0 aliphatic carbocycles. The van der Waals surface area contributed by atoms with E-state index in [1.54, 1.807) is 12.3 Å². The minimum absolute atomic E-state index is 0.00100. The molecule has 0 radical (unpaired) electrons. The van der Waals surface area contributed by atoms with Crippen molar-refractivity contribution in [1.29, 1.82) is 0 Å². The van der Waals surface area contributed by atoms with E-state index in [0.717, 1.165) is 34.1 Å². The first-order valence-electron chi connectivity index (χ1n) is 12.6. The minimum atomic E-state index is -1.32. The summed E-state index contributed by atoms with van der Waals surface area (Å²) < 4.78 is 34.4. The van der Waals surface area contributed by atoms with Crippen molar-refractivity contribution in [2.75, 3.05) is 6.54 Å². The maximum atomic E-state index is 14.4. The second kappa shape index (κ2) is 11.0. The molecule has 196 valence electrons. The van der Waals surface area contributed by atoms with Gasteiger partial charge in [-0.3, -0.25) is 9.59 Å². The van der Waals surface area contributed by atoms with Crippen molar-refractivity contribution < 1.29 is 22.8 Å². The highest BCUT2D eigenvalue weighted by molar-refractivity contribution is 6.30. The number of nitrogens with zero attached hydrogens (tertiary/aromatic N) is 1. The molecule has 1 aliphatic heterocycles. The molecule has 0 saturated carbocycles. The Bertz CT molecular complexity index is 1500. The van der Waals surface area contributed by atoms with Gasteiger partial charge in [-0.2, -0.15) is 0 Å². The SMILES string of the molecule is CCc1cccc(-c2cc(CC(=O)N3C[C@H](F)C[C@H]3C(=O)NCc3cccc(Cl)c3F)cc3ccoc23)c1. The summed E-state index contributed by atoms with van der Waals surface area (Å²) >= 11 is 5.82. The largest absolute Gasteiger partial charge is 0.464 e. The van der Waals surface area contributed by atoms with Gasteiger partial charge >= 0.3 is 0 Å². The Labute approximate surface area is 224 Å². The summed E-state index contributed by atoms with van der Waals surface area (Å²) in [5, 5.41) is 3.44. The molecule has 2 amide bonds. The van der Waals surface area contributed by atoms with E-state index in [1.807, 2.05) is 30.3 Å². The fourth-order valence-corrected chi connectivity index (χ4v) is 5.18. The van der Waals surface area contributed by atoms with E-state index in [-0.39, 0.29) is 42.4 Å². The van der Waals surface area contributed by atoms with Gasteiger partial charge in [-0.05, 0) is 47.4 Å². The highest BCUT2D eigenvalue weighted by Gasteiger charge is 2.39. The standard InChI is InChI=1S/C30H27ClF2N2O3/c1-2-18-5-3-6-20(11-18)24-13-19(12-21-9-10-38-29(21)24)14-27(36)35-17-23(32)15-26(35)30(37)34-16-22-7-4-8-25(31)28(22)33/h3-13,23,26H,2,14-17H2,1H3,(H,34,37)/t23-,26+/m1/s1. The van der Waals surface area contributed by atoms with Gasteiger partial charge in [0.1, 0.15) is 23.6 Å². The van der Waals surface area contributed by atoms with Crippen LogP contribution in [0.5, 0.6) is 0 Å². The molecule has 0 bridgehead atoms. The Balaban J connectivity index is 1.35. The number of hydrogen-bond donors (Lipinski definition) is 1. The number of amides is 2. The molecule has 0 unspecified atom stereocenters. The van der Waals surface area contributed by atoms with Crippen LogP contribution in [-0.4, -0.2) is 35.5 Å².